The number of nitrogens with zero attached hydrogens (tertiary/aromatic N) is 3. The molecule has 0 bridgehead atoms. The van der Waals surface area contributed by atoms with Gasteiger partial charge in [0.2, 0.25) is 0 Å². The molecule has 0 radical (unpaired) electrons. The van der Waals surface area contributed by atoms with Crippen LogP contribution in [0.4, 0.5) is 13.2 Å². The van der Waals surface area contributed by atoms with E-state index < -0.39 is 22.9 Å². The van der Waals surface area contributed by atoms with Crippen molar-refractivity contribution >= 4 is 17.3 Å². The summed E-state index contributed by atoms with van der Waals surface area (Å²) in [4.78, 5) is 12.6. The minimum atomic E-state index is -4.85. The number of rotatable bonds is 3. The van der Waals surface area contributed by atoms with Gasteiger partial charge in [-0.3, -0.25) is 4.79 Å². The van der Waals surface area contributed by atoms with Gasteiger partial charge >= 0.3 is 6.18 Å². The van der Waals surface area contributed by atoms with Gasteiger partial charge in [-0.15, -0.1) is 0 Å². The fourth-order valence-corrected chi connectivity index (χ4v) is 2.26. The average Bonchev–Trinajstić information content (AvgIpc) is 2.56. The Morgan fingerprint density at radius 3 is 2.31 bits per heavy atom. The van der Waals surface area contributed by atoms with Crippen LogP contribution in [-0.2, 0) is 6.18 Å². The normalized spacial score (nSPS) is 12.3. The number of alkyl halides is 3. The highest BCUT2D eigenvalue weighted by Crippen LogP contribution is 2.33. The molecule has 8 heteroatoms. The Kier molecular flexibility index (Phi) is 5.57. The second-order valence-corrected chi connectivity index (χ2v) is 6.38. The summed E-state index contributed by atoms with van der Waals surface area (Å²) in [5.41, 5.74) is -2.61. The van der Waals surface area contributed by atoms with Crippen LogP contribution in [0.25, 0.3) is 11.3 Å². The Hall–Kier alpha value is -2.59. The van der Waals surface area contributed by atoms with Crippen LogP contribution in [0.3, 0.4) is 0 Å². The largest absolute Gasteiger partial charge is 0.417 e. The zero-order chi connectivity index (χ0) is 19.6. The van der Waals surface area contributed by atoms with Gasteiger partial charge in [0, 0.05) is 16.3 Å². The molecule has 4 nitrogen and oxygen atoms in total. The summed E-state index contributed by atoms with van der Waals surface area (Å²) in [6.45, 7) is 5.33. The first-order valence-corrected chi connectivity index (χ1v) is 8.02. The van der Waals surface area contributed by atoms with Crippen molar-refractivity contribution in [3.05, 3.63) is 56.8 Å². The first kappa shape index (κ1) is 19.7. The molecule has 2 aromatic rings. The third-order valence-electron chi connectivity index (χ3n) is 3.84. The number of benzene rings is 1. The Morgan fingerprint density at radius 1 is 1.27 bits per heavy atom. The number of hydrogen-bond acceptors (Lipinski definition) is 3. The van der Waals surface area contributed by atoms with Crippen molar-refractivity contribution in [2.75, 3.05) is 0 Å². The highest BCUT2D eigenvalue weighted by atomic mass is 35.5. The Bertz CT molecular complexity index is 952. The van der Waals surface area contributed by atoms with Crippen LogP contribution in [0.1, 0.15) is 31.9 Å². The smallest absolute Gasteiger partial charge is 0.266 e. The van der Waals surface area contributed by atoms with Crippen LogP contribution in [0.2, 0.25) is 5.02 Å². The lowest BCUT2D eigenvalue weighted by atomic mass is 10.0. The summed E-state index contributed by atoms with van der Waals surface area (Å²) in [5.74, 6) is -0.0344. The van der Waals surface area contributed by atoms with Crippen LogP contribution in [0.15, 0.2) is 40.2 Å². The summed E-state index contributed by atoms with van der Waals surface area (Å²) >= 11 is 5.83. The number of hydrogen-bond donors (Lipinski definition) is 0. The maximum atomic E-state index is 13.3. The summed E-state index contributed by atoms with van der Waals surface area (Å²) < 4.78 is 40.9. The van der Waals surface area contributed by atoms with Crippen molar-refractivity contribution < 1.29 is 13.2 Å². The molecule has 0 aliphatic rings. The van der Waals surface area contributed by atoms with E-state index in [0.29, 0.717) is 16.3 Å². The van der Waals surface area contributed by atoms with Crippen molar-refractivity contribution in [1.82, 2.24) is 4.68 Å². The molecule has 0 fully saturated rings. The van der Waals surface area contributed by atoms with E-state index in [-0.39, 0.29) is 11.6 Å². The summed E-state index contributed by atoms with van der Waals surface area (Å²) in [6.07, 6.45) is -4.85. The lowest BCUT2D eigenvalue weighted by Gasteiger charge is -2.16. The van der Waals surface area contributed by atoms with E-state index in [0.717, 1.165) is 10.7 Å². The van der Waals surface area contributed by atoms with E-state index in [4.69, 9.17) is 16.9 Å². The molecule has 0 N–H and O–H groups in total. The zero-order valence-electron chi connectivity index (χ0n) is 14.2. The molecular formula is C18H15ClF3N3O. The van der Waals surface area contributed by atoms with Gasteiger partial charge in [-0.2, -0.15) is 28.2 Å². The topological polar surface area (TPSA) is 58.1 Å². The molecule has 1 aromatic carbocycles. The first-order chi connectivity index (χ1) is 12.1. The third-order valence-corrected chi connectivity index (χ3v) is 4.09. The van der Waals surface area contributed by atoms with Crippen LogP contribution < -0.4 is 5.56 Å². The van der Waals surface area contributed by atoms with Gasteiger partial charge in [-0.25, -0.2) is 0 Å². The maximum Gasteiger partial charge on any atom is 0.417 e. The fourth-order valence-electron chi connectivity index (χ4n) is 2.13. The Labute approximate surface area is 153 Å². The van der Waals surface area contributed by atoms with Crippen LogP contribution in [0, 0.1) is 17.2 Å². The predicted molar refractivity (Wildman–Crippen MR) is 94.2 cm³/mol. The van der Waals surface area contributed by atoms with Crippen molar-refractivity contribution in [2.24, 2.45) is 11.0 Å². The molecule has 0 unspecified atom stereocenters. The minimum Gasteiger partial charge on any atom is -0.266 e. The number of aromatic nitrogens is 1. The predicted octanol–water partition coefficient (Wildman–Crippen LogP) is 4.94. The van der Waals surface area contributed by atoms with Gasteiger partial charge in [-0.05, 0) is 31.0 Å². The Balaban J connectivity index is 2.93. The highest BCUT2D eigenvalue weighted by molar-refractivity contribution is 6.30. The quantitative estimate of drug-likeness (QED) is 0.707. The standard InChI is InChI=1S/C18H15ClF3N3O/c1-10(2)11(3)24-25-16(12-4-6-13(19)7-5-12)8-15(18(20,21)22)14(9-23)17(25)26/h4-8,10H,1-3H3/b24-11+. The molecule has 26 heavy (non-hydrogen) atoms. The molecule has 0 spiro atoms. The van der Waals surface area contributed by atoms with Crippen molar-refractivity contribution in [3.8, 4) is 17.3 Å². The number of nitriles is 1. The number of pyridine rings is 1. The summed E-state index contributed by atoms with van der Waals surface area (Å²) in [5, 5.41) is 13.7. The maximum absolute atomic E-state index is 13.3. The SMILES string of the molecule is C/C(=N\n1c(-c2ccc(Cl)cc2)cc(C(F)(F)F)c(C#N)c1=O)C(C)C. The molecule has 0 saturated heterocycles. The number of halogens is 4. The van der Waals surface area contributed by atoms with Crippen LogP contribution >= 0.6 is 11.6 Å². The molecule has 136 valence electrons. The van der Waals surface area contributed by atoms with Crippen molar-refractivity contribution in [2.45, 2.75) is 26.9 Å². The van der Waals surface area contributed by atoms with Crippen LogP contribution in [-0.4, -0.2) is 10.4 Å². The molecule has 1 heterocycles. The van der Waals surface area contributed by atoms with Gasteiger partial charge < -0.3 is 0 Å². The summed E-state index contributed by atoms with van der Waals surface area (Å²) in [6, 6.07) is 8.09. The van der Waals surface area contributed by atoms with Gasteiger partial charge in [0.05, 0.1) is 11.3 Å². The second-order valence-electron chi connectivity index (χ2n) is 5.95. The van der Waals surface area contributed by atoms with Crippen molar-refractivity contribution in [1.29, 1.82) is 5.26 Å². The molecule has 0 aliphatic carbocycles. The minimum absolute atomic E-state index is 0.0344. The van der Waals surface area contributed by atoms with E-state index in [1.807, 2.05) is 13.8 Å². The lowest BCUT2D eigenvalue weighted by molar-refractivity contribution is -0.137. The van der Waals surface area contributed by atoms with Crippen LogP contribution in [0.5, 0.6) is 0 Å². The Morgan fingerprint density at radius 2 is 1.85 bits per heavy atom. The second kappa shape index (κ2) is 7.34. The zero-order valence-corrected chi connectivity index (χ0v) is 15.0. The highest BCUT2D eigenvalue weighted by Gasteiger charge is 2.36. The van der Waals surface area contributed by atoms with Gasteiger partial charge in [0.15, 0.2) is 0 Å². The van der Waals surface area contributed by atoms with E-state index in [9.17, 15) is 18.0 Å². The molecule has 1 aromatic heterocycles. The third kappa shape index (κ3) is 3.97. The van der Waals surface area contributed by atoms with Crippen molar-refractivity contribution in [3.63, 3.8) is 0 Å². The molecule has 2 rings (SSSR count). The van der Waals surface area contributed by atoms with Gasteiger partial charge in [0.25, 0.3) is 5.56 Å². The van der Waals surface area contributed by atoms with E-state index in [1.54, 1.807) is 6.92 Å². The van der Waals surface area contributed by atoms with Gasteiger partial charge in [0.1, 0.15) is 11.6 Å². The monoisotopic (exact) mass is 381 g/mol. The molecule has 0 amide bonds. The van der Waals surface area contributed by atoms with E-state index in [2.05, 4.69) is 5.10 Å². The first-order valence-electron chi connectivity index (χ1n) is 7.65. The van der Waals surface area contributed by atoms with E-state index >= 15 is 0 Å². The van der Waals surface area contributed by atoms with Gasteiger partial charge in [-0.1, -0.05) is 37.6 Å². The van der Waals surface area contributed by atoms with E-state index in [1.165, 1.54) is 30.3 Å². The average molecular weight is 382 g/mol. The molecule has 0 saturated carbocycles. The fraction of sp³-hybridized carbons (Fsp3) is 0.278. The molecule has 0 atom stereocenters. The lowest BCUT2D eigenvalue weighted by Crippen LogP contribution is -2.27. The molecular weight excluding hydrogens is 367 g/mol. The molecule has 0 aliphatic heterocycles. The summed E-state index contributed by atoms with van der Waals surface area (Å²) in [7, 11) is 0.